The molecule has 0 fully saturated rings. The third-order valence-electron chi connectivity index (χ3n) is 4.55. The van der Waals surface area contributed by atoms with Crippen molar-refractivity contribution in [3.63, 3.8) is 0 Å². The molecule has 1 atom stereocenters. The van der Waals surface area contributed by atoms with Crippen LogP contribution in [0.1, 0.15) is 23.7 Å². The van der Waals surface area contributed by atoms with Crippen LogP contribution in [0.5, 0.6) is 0 Å². The maximum absolute atomic E-state index is 12.2. The van der Waals surface area contributed by atoms with Crippen LogP contribution in [-0.4, -0.2) is 33.5 Å². The number of rotatable bonds is 6. The van der Waals surface area contributed by atoms with Gasteiger partial charge in [0.05, 0.1) is 5.92 Å². The first-order chi connectivity index (χ1) is 13.2. The molecule has 0 radical (unpaired) electrons. The van der Waals surface area contributed by atoms with Gasteiger partial charge in [0.15, 0.2) is 5.82 Å². The SMILES string of the molecule is O=C(CC1C(=O)Nc2ccccc21)NCCc1nc(-c2ccccc2)n[nH]1. The van der Waals surface area contributed by atoms with Gasteiger partial charge in [0, 0.05) is 30.6 Å². The fourth-order valence-electron chi connectivity index (χ4n) is 3.18. The molecule has 1 aliphatic rings. The Bertz CT molecular complexity index is 967. The minimum atomic E-state index is -0.434. The van der Waals surface area contributed by atoms with Gasteiger partial charge in [-0.2, -0.15) is 5.10 Å². The number of hydrogen-bond donors (Lipinski definition) is 3. The van der Waals surface area contributed by atoms with Crippen molar-refractivity contribution in [3.05, 3.63) is 66.0 Å². The van der Waals surface area contributed by atoms with Crippen molar-refractivity contribution in [2.45, 2.75) is 18.8 Å². The average molecular weight is 361 g/mol. The van der Waals surface area contributed by atoms with Gasteiger partial charge in [-0.15, -0.1) is 0 Å². The number of nitrogens with one attached hydrogen (secondary N) is 3. The monoisotopic (exact) mass is 361 g/mol. The van der Waals surface area contributed by atoms with E-state index in [1.54, 1.807) is 0 Å². The van der Waals surface area contributed by atoms with Gasteiger partial charge in [-0.05, 0) is 11.6 Å². The Balaban J connectivity index is 1.29. The number of H-pyrrole nitrogens is 1. The highest BCUT2D eigenvalue weighted by molar-refractivity contribution is 6.04. The van der Waals surface area contributed by atoms with Crippen molar-refractivity contribution in [2.24, 2.45) is 0 Å². The Morgan fingerprint density at radius 1 is 1.07 bits per heavy atom. The number of para-hydroxylation sites is 1. The first kappa shape index (κ1) is 17.0. The van der Waals surface area contributed by atoms with Crippen LogP contribution in [0.2, 0.25) is 0 Å². The molecule has 1 unspecified atom stereocenters. The molecule has 136 valence electrons. The molecule has 2 aromatic carbocycles. The molecule has 1 aromatic heterocycles. The predicted molar refractivity (Wildman–Crippen MR) is 101 cm³/mol. The van der Waals surface area contributed by atoms with E-state index < -0.39 is 5.92 Å². The van der Waals surface area contributed by atoms with E-state index in [0.29, 0.717) is 24.6 Å². The third-order valence-corrected chi connectivity index (χ3v) is 4.55. The van der Waals surface area contributed by atoms with Crippen LogP contribution in [0.4, 0.5) is 5.69 Å². The molecular formula is C20H19N5O2. The largest absolute Gasteiger partial charge is 0.356 e. The molecular weight excluding hydrogens is 342 g/mol. The summed E-state index contributed by atoms with van der Waals surface area (Å²) in [5.41, 5.74) is 2.60. The molecule has 0 saturated carbocycles. The van der Waals surface area contributed by atoms with Gasteiger partial charge < -0.3 is 10.6 Å². The Morgan fingerprint density at radius 2 is 1.85 bits per heavy atom. The lowest BCUT2D eigenvalue weighted by Gasteiger charge is -2.09. The molecule has 3 N–H and O–H groups in total. The van der Waals surface area contributed by atoms with Crippen LogP contribution in [-0.2, 0) is 16.0 Å². The highest BCUT2D eigenvalue weighted by atomic mass is 16.2. The van der Waals surface area contributed by atoms with Gasteiger partial charge in [-0.1, -0.05) is 48.5 Å². The van der Waals surface area contributed by atoms with E-state index in [9.17, 15) is 9.59 Å². The molecule has 4 rings (SSSR count). The standard InChI is InChI=1S/C20H19N5O2/c26-18(12-15-14-8-4-5-9-16(14)22-20(15)27)21-11-10-17-23-19(25-24-17)13-6-2-1-3-7-13/h1-9,15H,10-12H2,(H,21,26)(H,22,27)(H,23,24,25). The molecule has 0 aliphatic carbocycles. The third kappa shape index (κ3) is 3.72. The summed E-state index contributed by atoms with van der Waals surface area (Å²) >= 11 is 0. The second kappa shape index (κ2) is 7.41. The number of amides is 2. The van der Waals surface area contributed by atoms with Crippen molar-refractivity contribution < 1.29 is 9.59 Å². The molecule has 0 saturated heterocycles. The van der Waals surface area contributed by atoms with Gasteiger partial charge >= 0.3 is 0 Å². The summed E-state index contributed by atoms with van der Waals surface area (Å²) in [4.78, 5) is 28.8. The summed E-state index contributed by atoms with van der Waals surface area (Å²) in [6.45, 7) is 0.429. The van der Waals surface area contributed by atoms with Crippen molar-refractivity contribution in [1.82, 2.24) is 20.5 Å². The summed E-state index contributed by atoms with van der Waals surface area (Å²) in [7, 11) is 0. The fraction of sp³-hybridized carbons (Fsp3) is 0.200. The number of aromatic amines is 1. The molecule has 27 heavy (non-hydrogen) atoms. The summed E-state index contributed by atoms with van der Waals surface area (Å²) in [5, 5.41) is 12.8. The van der Waals surface area contributed by atoms with Crippen molar-refractivity contribution >= 4 is 17.5 Å². The number of carbonyl (C=O) groups is 2. The zero-order valence-electron chi connectivity index (χ0n) is 14.6. The van der Waals surface area contributed by atoms with E-state index in [1.165, 1.54) is 0 Å². The normalized spacial score (nSPS) is 15.3. The van der Waals surface area contributed by atoms with E-state index in [2.05, 4.69) is 25.8 Å². The quantitative estimate of drug-likeness (QED) is 0.627. The van der Waals surface area contributed by atoms with Crippen molar-refractivity contribution in [2.75, 3.05) is 11.9 Å². The molecule has 2 amide bonds. The first-order valence-electron chi connectivity index (χ1n) is 8.84. The minimum Gasteiger partial charge on any atom is -0.356 e. The van der Waals surface area contributed by atoms with Crippen LogP contribution in [0, 0.1) is 0 Å². The molecule has 1 aliphatic heterocycles. The van der Waals surface area contributed by atoms with Crippen LogP contribution < -0.4 is 10.6 Å². The second-order valence-electron chi connectivity index (χ2n) is 6.40. The topological polar surface area (TPSA) is 99.8 Å². The summed E-state index contributed by atoms with van der Waals surface area (Å²) in [6.07, 6.45) is 0.674. The lowest BCUT2D eigenvalue weighted by Crippen LogP contribution is -2.29. The maximum Gasteiger partial charge on any atom is 0.232 e. The van der Waals surface area contributed by atoms with Gasteiger partial charge in [0.1, 0.15) is 5.82 Å². The molecule has 0 spiro atoms. The number of aromatic nitrogens is 3. The van der Waals surface area contributed by atoms with Crippen LogP contribution in [0.3, 0.4) is 0 Å². The Kier molecular flexibility index (Phi) is 4.65. The maximum atomic E-state index is 12.2. The number of benzene rings is 2. The van der Waals surface area contributed by atoms with E-state index >= 15 is 0 Å². The minimum absolute atomic E-state index is 0.130. The van der Waals surface area contributed by atoms with Crippen LogP contribution >= 0.6 is 0 Å². The Hall–Kier alpha value is -3.48. The van der Waals surface area contributed by atoms with E-state index in [4.69, 9.17) is 0 Å². The van der Waals surface area contributed by atoms with Gasteiger partial charge in [0.25, 0.3) is 0 Å². The van der Waals surface area contributed by atoms with E-state index in [0.717, 1.165) is 16.8 Å². The van der Waals surface area contributed by atoms with Crippen LogP contribution in [0.15, 0.2) is 54.6 Å². The van der Waals surface area contributed by atoms with Gasteiger partial charge in [0.2, 0.25) is 11.8 Å². The number of hydrogen-bond acceptors (Lipinski definition) is 4. The summed E-state index contributed by atoms with van der Waals surface area (Å²) in [6, 6.07) is 17.2. The smallest absolute Gasteiger partial charge is 0.232 e. The fourth-order valence-corrected chi connectivity index (χ4v) is 3.18. The molecule has 7 nitrogen and oxygen atoms in total. The molecule has 3 aromatic rings. The Morgan fingerprint density at radius 3 is 2.70 bits per heavy atom. The number of anilines is 1. The van der Waals surface area contributed by atoms with Crippen molar-refractivity contribution in [3.8, 4) is 11.4 Å². The average Bonchev–Trinajstić information content (AvgIpc) is 3.28. The number of fused-ring (bicyclic) bond motifs is 1. The second-order valence-corrected chi connectivity index (χ2v) is 6.40. The highest BCUT2D eigenvalue weighted by Crippen LogP contribution is 2.34. The molecule has 2 heterocycles. The lowest BCUT2D eigenvalue weighted by molar-refractivity contribution is -0.125. The summed E-state index contributed by atoms with van der Waals surface area (Å²) in [5.74, 6) is 0.620. The molecule has 0 bridgehead atoms. The lowest BCUT2D eigenvalue weighted by atomic mass is 9.97. The zero-order chi connectivity index (χ0) is 18.6. The predicted octanol–water partition coefficient (Wildman–Crippen LogP) is 2.26. The summed E-state index contributed by atoms with van der Waals surface area (Å²) < 4.78 is 0. The van der Waals surface area contributed by atoms with Gasteiger partial charge in [-0.25, -0.2) is 4.98 Å². The zero-order valence-corrected chi connectivity index (χ0v) is 14.6. The highest BCUT2D eigenvalue weighted by Gasteiger charge is 2.31. The van der Waals surface area contributed by atoms with Crippen molar-refractivity contribution in [1.29, 1.82) is 0 Å². The first-order valence-corrected chi connectivity index (χ1v) is 8.84. The van der Waals surface area contributed by atoms with Gasteiger partial charge in [-0.3, -0.25) is 14.7 Å². The van der Waals surface area contributed by atoms with E-state index in [1.807, 2.05) is 54.6 Å². The molecule has 7 heteroatoms. The van der Waals surface area contributed by atoms with Crippen LogP contribution in [0.25, 0.3) is 11.4 Å². The van der Waals surface area contributed by atoms with E-state index in [-0.39, 0.29) is 18.2 Å². The Labute approximate surface area is 156 Å². The number of nitrogens with zero attached hydrogens (tertiary/aromatic N) is 2. The number of carbonyl (C=O) groups excluding carboxylic acids is 2.